The minimum atomic E-state index is 0.0983. The average molecular weight is 135 g/mol. The SMILES string of the molecule is O[C]1Nc2ccccc2N1. The quantitative estimate of drug-likeness (QED) is 0.503. The van der Waals surface area contributed by atoms with Crippen molar-refractivity contribution in [2.75, 3.05) is 10.6 Å². The maximum Gasteiger partial charge on any atom is 0.285 e. The number of benzene rings is 1. The van der Waals surface area contributed by atoms with Crippen molar-refractivity contribution in [2.45, 2.75) is 0 Å². The third-order valence-electron chi connectivity index (χ3n) is 1.43. The highest BCUT2D eigenvalue weighted by Gasteiger charge is 2.16. The van der Waals surface area contributed by atoms with E-state index in [4.69, 9.17) is 5.11 Å². The molecule has 0 bridgehead atoms. The van der Waals surface area contributed by atoms with Crippen molar-refractivity contribution in [3.05, 3.63) is 30.6 Å². The summed E-state index contributed by atoms with van der Waals surface area (Å²) in [6.45, 7) is 0. The van der Waals surface area contributed by atoms with Gasteiger partial charge in [-0.2, -0.15) is 0 Å². The molecule has 1 aliphatic rings. The number of para-hydroxylation sites is 2. The van der Waals surface area contributed by atoms with Gasteiger partial charge in [-0.05, 0) is 12.1 Å². The Bertz CT molecular complexity index is 224. The Balaban J connectivity index is 2.42. The number of aliphatic hydroxyl groups excluding tert-OH is 1. The number of anilines is 2. The van der Waals surface area contributed by atoms with Crippen LogP contribution in [0.5, 0.6) is 0 Å². The molecule has 51 valence electrons. The summed E-state index contributed by atoms with van der Waals surface area (Å²) in [6, 6.07) is 7.61. The van der Waals surface area contributed by atoms with E-state index < -0.39 is 0 Å². The molecule has 1 heterocycles. The lowest BCUT2D eigenvalue weighted by molar-refractivity contribution is 0.343. The molecule has 0 fully saturated rings. The molecular formula is C7H7N2O. The molecule has 0 amide bonds. The van der Waals surface area contributed by atoms with E-state index in [0.29, 0.717) is 0 Å². The minimum absolute atomic E-state index is 0.0983. The van der Waals surface area contributed by atoms with Gasteiger partial charge in [0.15, 0.2) is 0 Å². The maximum absolute atomic E-state index is 8.94. The molecule has 0 spiro atoms. The van der Waals surface area contributed by atoms with Crippen molar-refractivity contribution in [1.29, 1.82) is 0 Å². The van der Waals surface area contributed by atoms with Gasteiger partial charge in [0.1, 0.15) is 0 Å². The van der Waals surface area contributed by atoms with Crippen LogP contribution in [0.25, 0.3) is 0 Å². The van der Waals surface area contributed by atoms with Gasteiger partial charge in [0.2, 0.25) is 0 Å². The van der Waals surface area contributed by atoms with E-state index in [0.717, 1.165) is 11.4 Å². The fraction of sp³-hybridized carbons (Fsp3) is 0. The Morgan fingerprint density at radius 2 is 1.50 bits per heavy atom. The molecule has 0 atom stereocenters. The van der Waals surface area contributed by atoms with Gasteiger partial charge >= 0.3 is 0 Å². The summed E-state index contributed by atoms with van der Waals surface area (Å²) in [5, 5.41) is 14.5. The van der Waals surface area contributed by atoms with Crippen molar-refractivity contribution in [2.24, 2.45) is 0 Å². The Morgan fingerprint density at radius 3 is 2.00 bits per heavy atom. The van der Waals surface area contributed by atoms with Gasteiger partial charge in [0, 0.05) is 0 Å². The Hall–Kier alpha value is -1.22. The number of aliphatic hydroxyl groups is 1. The summed E-state index contributed by atoms with van der Waals surface area (Å²) in [7, 11) is 0. The van der Waals surface area contributed by atoms with Crippen LogP contribution in [0.1, 0.15) is 0 Å². The first kappa shape index (κ1) is 5.56. The lowest BCUT2D eigenvalue weighted by Crippen LogP contribution is -2.09. The highest BCUT2D eigenvalue weighted by Crippen LogP contribution is 2.29. The lowest BCUT2D eigenvalue weighted by atomic mass is 10.3. The zero-order valence-corrected chi connectivity index (χ0v) is 5.26. The summed E-state index contributed by atoms with van der Waals surface area (Å²) in [5.41, 5.74) is 1.83. The van der Waals surface area contributed by atoms with Crippen LogP contribution in [0, 0.1) is 6.35 Å². The van der Waals surface area contributed by atoms with E-state index in [2.05, 4.69) is 10.6 Å². The normalized spacial score (nSPS) is 15.7. The number of fused-ring (bicyclic) bond motifs is 1. The maximum atomic E-state index is 8.94. The van der Waals surface area contributed by atoms with Crippen molar-refractivity contribution < 1.29 is 5.11 Å². The van der Waals surface area contributed by atoms with E-state index >= 15 is 0 Å². The summed E-state index contributed by atoms with van der Waals surface area (Å²) in [5.74, 6) is 0. The zero-order chi connectivity index (χ0) is 6.97. The van der Waals surface area contributed by atoms with Gasteiger partial charge in [-0.15, -0.1) is 0 Å². The molecule has 0 saturated carbocycles. The molecule has 2 rings (SSSR count). The topological polar surface area (TPSA) is 44.3 Å². The van der Waals surface area contributed by atoms with Crippen molar-refractivity contribution in [1.82, 2.24) is 0 Å². The fourth-order valence-electron chi connectivity index (χ4n) is 0.987. The summed E-state index contributed by atoms with van der Waals surface area (Å²) in [6.07, 6.45) is 0.0983. The monoisotopic (exact) mass is 135 g/mol. The second kappa shape index (κ2) is 1.88. The van der Waals surface area contributed by atoms with E-state index in [9.17, 15) is 0 Å². The first-order valence-corrected chi connectivity index (χ1v) is 3.05. The molecule has 0 saturated heterocycles. The molecule has 0 aromatic heterocycles. The molecule has 0 unspecified atom stereocenters. The molecule has 10 heavy (non-hydrogen) atoms. The third-order valence-corrected chi connectivity index (χ3v) is 1.43. The minimum Gasteiger partial charge on any atom is -0.349 e. The molecule has 1 aromatic carbocycles. The molecule has 3 nitrogen and oxygen atoms in total. The molecule has 1 radical (unpaired) electrons. The van der Waals surface area contributed by atoms with Crippen molar-refractivity contribution in [3.8, 4) is 0 Å². The zero-order valence-electron chi connectivity index (χ0n) is 5.26. The Morgan fingerprint density at radius 1 is 1.00 bits per heavy atom. The summed E-state index contributed by atoms with van der Waals surface area (Å²) in [4.78, 5) is 0. The van der Waals surface area contributed by atoms with Gasteiger partial charge in [0.25, 0.3) is 6.35 Å². The standard InChI is InChI=1S/C7H7N2O/c10-7-8-5-3-1-2-4-6(5)9-7/h1-4,8-10H. The second-order valence-corrected chi connectivity index (χ2v) is 2.14. The molecule has 0 aliphatic carbocycles. The van der Waals surface area contributed by atoms with E-state index in [1.807, 2.05) is 24.3 Å². The van der Waals surface area contributed by atoms with Crippen molar-refractivity contribution in [3.63, 3.8) is 0 Å². The second-order valence-electron chi connectivity index (χ2n) is 2.14. The highest BCUT2D eigenvalue weighted by molar-refractivity contribution is 5.76. The average Bonchev–Trinajstić information content (AvgIpc) is 2.27. The van der Waals surface area contributed by atoms with Crippen LogP contribution in [-0.4, -0.2) is 5.11 Å². The van der Waals surface area contributed by atoms with Gasteiger partial charge in [-0.3, -0.25) is 0 Å². The number of hydrogen-bond donors (Lipinski definition) is 3. The van der Waals surface area contributed by atoms with Gasteiger partial charge in [-0.1, -0.05) is 12.1 Å². The fourth-order valence-corrected chi connectivity index (χ4v) is 0.987. The van der Waals surface area contributed by atoms with Gasteiger partial charge < -0.3 is 15.7 Å². The summed E-state index contributed by atoms with van der Waals surface area (Å²) >= 11 is 0. The van der Waals surface area contributed by atoms with Crippen LogP contribution in [-0.2, 0) is 0 Å². The third kappa shape index (κ3) is 0.717. The lowest BCUT2D eigenvalue weighted by Gasteiger charge is -1.96. The molecule has 1 aromatic rings. The van der Waals surface area contributed by atoms with Crippen LogP contribution in [0.2, 0.25) is 0 Å². The predicted molar refractivity (Wildman–Crippen MR) is 38.9 cm³/mol. The predicted octanol–water partition coefficient (Wildman–Crippen LogP) is 1.34. The molecule has 3 heteroatoms. The first-order valence-electron chi connectivity index (χ1n) is 3.05. The van der Waals surface area contributed by atoms with Crippen LogP contribution < -0.4 is 10.6 Å². The van der Waals surface area contributed by atoms with Crippen LogP contribution in [0.3, 0.4) is 0 Å². The highest BCUT2D eigenvalue weighted by atomic mass is 16.3. The largest absolute Gasteiger partial charge is 0.349 e. The van der Waals surface area contributed by atoms with Crippen LogP contribution in [0.15, 0.2) is 24.3 Å². The van der Waals surface area contributed by atoms with E-state index in [1.165, 1.54) is 0 Å². The van der Waals surface area contributed by atoms with Gasteiger partial charge in [0.05, 0.1) is 11.4 Å². The van der Waals surface area contributed by atoms with E-state index in [1.54, 1.807) is 0 Å². The Kier molecular flexibility index (Phi) is 1.05. The van der Waals surface area contributed by atoms with Gasteiger partial charge in [-0.25, -0.2) is 0 Å². The smallest absolute Gasteiger partial charge is 0.285 e. The van der Waals surface area contributed by atoms with Crippen LogP contribution in [0.4, 0.5) is 11.4 Å². The van der Waals surface area contributed by atoms with Crippen molar-refractivity contribution >= 4 is 11.4 Å². The van der Waals surface area contributed by atoms with E-state index in [-0.39, 0.29) is 6.35 Å². The van der Waals surface area contributed by atoms with Crippen LogP contribution >= 0.6 is 0 Å². The summed E-state index contributed by atoms with van der Waals surface area (Å²) < 4.78 is 0. The number of nitrogens with one attached hydrogen (secondary N) is 2. The molecule has 3 N–H and O–H groups in total. The Labute approximate surface area is 58.7 Å². The number of rotatable bonds is 0. The number of hydrogen-bond acceptors (Lipinski definition) is 3. The molecular weight excluding hydrogens is 128 g/mol. The first-order chi connectivity index (χ1) is 4.86. The molecule has 1 aliphatic heterocycles.